The van der Waals surface area contributed by atoms with Gasteiger partial charge in [-0.05, 0) is 48.0 Å². The number of hydrogen-bond donors (Lipinski definition) is 1. The number of hydrogen-bond acceptors (Lipinski definition) is 6. The van der Waals surface area contributed by atoms with Gasteiger partial charge in [0, 0.05) is 17.0 Å². The van der Waals surface area contributed by atoms with Gasteiger partial charge in [-0.1, -0.05) is 35.5 Å². The van der Waals surface area contributed by atoms with Crippen molar-refractivity contribution in [2.75, 3.05) is 14.2 Å². The van der Waals surface area contributed by atoms with Gasteiger partial charge in [0.25, 0.3) is 0 Å². The van der Waals surface area contributed by atoms with Gasteiger partial charge in [0.2, 0.25) is 0 Å². The summed E-state index contributed by atoms with van der Waals surface area (Å²) < 4.78 is 16.0. The van der Waals surface area contributed by atoms with E-state index in [9.17, 15) is 10.0 Å². The summed E-state index contributed by atoms with van der Waals surface area (Å²) in [7, 11) is 3.18. The lowest BCUT2D eigenvalue weighted by atomic mass is 9.77. The Morgan fingerprint density at radius 1 is 0.933 bits per heavy atom. The van der Waals surface area contributed by atoms with Gasteiger partial charge in [-0.25, -0.2) is 0 Å². The summed E-state index contributed by atoms with van der Waals surface area (Å²) in [5, 5.41) is 13.6. The molecule has 0 unspecified atom stereocenters. The van der Waals surface area contributed by atoms with Crippen LogP contribution in [0.4, 0.5) is 0 Å². The van der Waals surface area contributed by atoms with Crippen LogP contribution in [0.25, 0.3) is 0 Å². The topological polar surface area (TPSA) is 77.4 Å². The van der Waals surface area contributed by atoms with Crippen molar-refractivity contribution in [2.45, 2.75) is 11.8 Å². The Labute approximate surface area is 174 Å². The van der Waals surface area contributed by atoms with Gasteiger partial charge in [0.05, 0.1) is 25.8 Å². The lowest BCUT2D eigenvalue weighted by Crippen LogP contribution is -2.26. The average Bonchev–Trinajstić information content (AvgIpc) is 3.13. The van der Waals surface area contributed by atoms with Crippen LogP contribution in [0.5, 0.6) is 17.2 Å². The number of benzene rings is 3. The SMILES string of the molecule is COc1ccc(/C(=N\O)[C@H](c2ccc(OC)cc2)[C@H]2C(=O)Oc3ccccc32)cc1. The smallest absolute Gasteiger partial charge is 0.320 e. The zero-order valence-corrected chi connectivity index (χ0v) is 16.6. The maximum absolute atomic E-state index is 12.9. The van der Waals surface area contributed by atoms with E-state index in [1.54, 1.807) is 44.6 Å². The van der Waals surface area contributed by atoms with E-state index in [1.807, 2.05) is 42.5 Å². The third kappa shape index (κ3) is 3.48. The molecule has 0 saturated carbocycles. The molecular formula is C24H21NO5. The first-order valence-electron chi connectivity index (χ1n) is 9.47. The van der Waals surface area contributed by atoms with Crippen LogP contribution in [-0.2, 0) is 4.79 Å². The van der Waals surface area contributed by atoms with Crippen molar-refractivity contribution in [1.29, 1.82) is 0 Å². The van der Waals surface area contributed by atoms with Crippen molar-refractivity contribution in [2.24, 2.45) is 5.16 Å². The summed E-state index contributed by atoms with van der Waals surface area (Å²) >= 11 is 0. The monoisotopic (exact) mass is 403 g/mol. The molecule has 3 aromatic rings. The Hall–Kier alpha value is -3.80. The Morgan fingerprint density at radius 3 is 2.13 bits per heavy atom. The molecule has 1 N–H and O–H groups in total. The van der Waals surface area contributed by atoms with Crippen LogP contribution < -0.4 is 14.2 Å². The summed E-state index contributed by atoms with van der Waals surface area (Å²) in [5.74, 6) is 0.305. The number of oxime groups is 1. The fraction of sp³-hybridized carbons (Fsp3) is 0.167. The molecule has 4 rings (SSSR count). The molecule has 0 aromatic heterocycles. The van der Waals surface area contributed by atoms with Crippen LogP contribution in [0.2, 0.25) is 0 Å². The molecule has 0 amide bonds. The average molecular weight is 403 g/mol. The second-order valence-corrected chi connectivity index (χ2v) is 6.90. The molecular weight excluding hydrogens is 382 g/mol. The lowest BCUT2D eigenvalue weighted by Gasteiger charge is -2.23. The van der Waals surface area contributed by atoms with Crippen molar-refractivity contribution in [3.8, 4) is 17.2 Å². The van der Waals surface area contributed by atoms with E-state index < -0.39 is 11.8 Å². The van der Waals surface area contributed by atoms with Crippen molar-refractivity contribution in [3.63, 3.8) is 0 Å². The number of para-hydroxylation sites is 1. The first-order valence-corrected chi connectivity index (χ1v) is 9.47. The molecule has 30 heavy (non-hydrogen) atoms. The normalized spacial score (nSPS) is 16.5. The minimum Gasteiger partial charge on any atom is -0.497 e. The van der Waals surface area contributed by atoms with E-state index in [-0.39, 0.29) is 5.97 Å². The fourth-order valence-electron chi connectivity index (χ4n) is 3.83. The van der Waals surface area contributed by atoms with Gasteiger partial charge in [-0.2, -0.15) is 0 Å². The number of rotatable bonds is 6. The van der Waals surface area contributed by atoms with Gasteiger partial charge in [0.1, 0.15) is 17.2 Å². The zero-order valence-electron chi connectivity index (χ0n) is 16.6. The Bertz CT molecular complexity index is 1070. The molecule has 1 heterocycles. The second kappa shape index (κ2) is 8.29. The molecule has 1 aliphatic rings. The van der Waals surface area contributed by atoms with E-state index in [1.165, 1.54) is 0 Å². The molecule has 0 spiro atoms. The Morgan fingerprint density at radius 2 is 1.53 bits per heavy atom. The van der Waals surface area contributed by atoms with Crippen LogP contribution in [0, 0.1) is 0 Å². The molecule has 152 valence electrons. The van der Waals surface area contributed by atoms with Crippen LogP contribution in [0.15, 0.2) is 78.0 Å². The molecule has 2 atom stereocenters. The van der Waals surface area contributed by atoms with Crippen molar-refractivity contribution < 1.29 is 24.2 Å². The third-order valence-corrected chi connectivity index (χ3v) is 5.31. The zero-order chi connectivity index (χ0) is 21.1. The van der Waals surface area contributed by atoms with E-state index in [0.29, 0.717) is 28.5 Å². The summed E-state index contributed by atoms with van der Waals surface area (Å²) in [6, 6.07) is 21.9. The largest absolute Gasteiger partial charge is 0.497 e. The number of carbonyl (C=O) groups excluding carboxylic acids is 1. The van der Waals surface area contributed by atoms with Crippen LogP contribution in [-0.4, -0.2) is 31.1 Å². The van der Waals surface area contributed by atoms with E-state index in [4.69, 9.17) is 14.2 Å². The van der Waals surface area contributed by atoms with Crippen LogP contribution in [0.1, 0.15) is 28.5 Å². The molecule has 6 nitrogen and oxygen atoms in total. The minimum atomic E-state index is -0.650. The Kier molecular flexibility index (Phi) is 5.39. The van der Waals surface area contributed by atoms with Crippen molar-refractivity contribution in [3.05, 3.63) is 89.5 Å². The molecule has 3 aromatic carbocycles. The molecule has 0 radical (unpaired) electrons. The quantitative estimate of drug-likeness (QED) is 0.217. The Balaban J connectivity index is 1.85. The van der Waals surface area contributed by atoms with E-state index in [2.05, 4.69) is 5.16 Å². The molecule has 0 saturated heterocycles. The van der Waals surface area contributed by atoms with Crippen LogP contribution in [0.3, 0.4) is 0 Å². The van der Waals surface area contributed by atoms with Crippen molar-refractivity contribution in [1.82, 2.24) is 0 Å². The fourth-order valence-corrected chi connectivity index (χ4v) is 3.83. The highest BCUT2D eigenvalue weighted by atomic mass is 16.5. The molecule has 0 fully saturated rings. The minimum absolute atomic E-state index is 0.362. The van der Waals surface area contributed by atoms with Crippen LogP contribution >= 0.6 is 0 Å². The molecule has 0 aliphatic carbocycles. The van der Waals surface area contributed by atoms with Gasteiger partial charge >= 0.3 is 5.97 Å². The number of ether oxygens (including phenoxy) is 3. The van der Waals surface area contributed by atoms with Gasteiger partial charge in [0.15, 0.2) is 0 Å². The highest BCUT2D eigenvalue weighted by molar-refractivity contribution is 6.08. The van der Waals surface area contributed by atoms with Gasteiger partial charge < -0.3 is 19.4 Å². The highest BCUT2D eigenvalue weighted by Gasteiger charge is 2.42. The first kappa shape index (κ1) is 19.5. The summed E-state index contributed by atoms with van der Waals surface area (Å²) in [6.07, 6.45) is 0. The number of carbonyl (C=O) groups is 1. The van der Waals surface area contributed by atoms with E-state index >= 15 is 0 Å². The summed E-state index contributed by atoms with van der Waals surface area (Å²) in [5.41, 5.74) is 2.61. The molecule has 0 bridgehead atoms. The molecule has 6 heteroatoms. The van der Waals surface area contributed by atoms with E-state index in [0.717, 1.165) is 11.1 Å². The number of methoxy groups -OCH3 is 2. The maximum Gasteiger partial charge on any atom is 0.320 e. The second-order valence-electron chi connectivity index (χ2n) is 6.90. The maximum atomic E-state index is 12.9. The standard InChI is InChI=1S/C24H21NO5/c1-28-17-11-7-15(8-12-17)21(22-19-5-3-4-6-20(19)30-24(22)26)23(25-27)16-9-13-18(29-2)14-10-16/h3-14,21-22,27H,1-2H3/b25-23+/t21-,22+/m1/s1. The van der Waals surface area contributed by atoms with Crippen molar-refractivity contribution >= 4 is 11.7 Å². The number of fused-ring (bicyclic) bond motifs is 1. The lowest BCUT2D eigenvalue weighted by molar-refractivity contribution is -0.134. The predicted molar refractivity (Wildman–Crippen MR) is 112 cm³/mol. The third-order valence-electron chi connectivity index (χ3n) is 5.31. The molecule has 1 aliphatic heterocycles. The van der Waals surface area contributed by atoms with Gasteiger partial charge in [-0.3, -0.25) is 4.79 Å². The first-order chi connectivity index (χ1) is 14.7. The highest BCUT2D eigenvalue weighted by Crippen LogP contribution is 2.45. The van der Waals surface area contributed by atoms with Gasteiger partial charge in [-0.15, -0.1) is 0 Å². The number of nitrogens with zero attached hydrogens (tertiary/aromatic N) is 1. The number of esters is 1. The summed E-state index contributed by atoms with van der Waals surface area (Å²) in [6.45, 7) is 0. The predicted octanol–water partition coefficient (Wildman–Crippen LogP) is 4.37. The summed E-state index contributed by atoms with van der Waals surface area (Å²) in [4.78, 5) is 12.9.